The molecule has 0 aromatic heterocycles. The Balaban J connectivity index is 2.01. The molecule has 2 rings (SSSR count). The lowest BCUT2D eigenvalue weighted by molar-refractivity contribution is 0.00501. The summed E-state index contributed by atoms with van der Waals surface area (Å²) in [4.78, 5) is 0. The number of hydrogen-bond acceptors (Lipinski definition) is 4. The molecular formula is C15H24N2O2. The molecule has 1 fully saturated rings. The molecule has 0 amide bonds. The van der Waals surface area contributed by atoms with Crippen LogP contribution in [0.5, 0.6) is 5.75 Å². The third-order valence-corrected chi connectivity index (χ3v) is 3.55. The number of benzene rings is 1. The Kier molecular flexibility index (Phi) is 5.63. The fourth-order valence-electron chi connectivity index (χ4n) is 2.54. The van der Waals surface area contributed by atoms with E-state index in [1.165, 1.54) is 12.8 Å². The Labute approximate surface area is 115 Å². The van der Waals surface area contributed by atoms with Gasteiger partial charge in [0.25, 0.3) is 0 Å². The summed E-state index contributed by atoms with van der Waals surface area (Å²) in [7, 11) is 0. The van der Waals surface area contributed by atoms with Gasteiger partial charge < -0.3 is 9.47 Å². The van der Waals surface area contributed by atoms with E-state index in [0.717, 1.165) is 30.8 Å². The predicted octanol–water partition coefficient (Wildman–Crippen LogP) is 2.55. The summed E-state index contributed by atoms with van der Waals surface area (Å²) in [6, 6.07) is 8.22. The second-order valence-electron chi connectivity index (χ2n) is 4.95. The maximum Gasteiger partial charge on any atom is 0.119 e. The average molecular weight is 264 g/mol. The molecule has 3 N–H and O–H groups in total. The van der Waals surface area contributed by atoms with Crippen LogP contribution in [-0.4, -0.2) is 19.3 Å². The highest BCUT2D eigenvalue weighted by molar-refractivity contribution is 5.30. The Hall–Kier alpha value is -1.10. The molecule has 2 atom stereocenters. The number of nitrogens with one attached hydrogen (secondary N) is 1. The summed E-state index contributed by atoms with van der Waals surface area (Å²) in [6.45, 7) is 3.54. The Bertz CT molecular complexity index is 378. The molecule has 1 heterocycles. The quantitative estimate of drug-likeness (QED) is 0.612. The van der Waals surface area contributed by atoms with Gasteiger partial charge in [-0.05, 0) is 50.3 Å². The summed E-state index contributed by atoms with van der Waals surface area (Å²) < 4.78 is 11.3. The van der Waals surface area contributed by atoms with Crippen LogP contribution < -0.4 is 16.0 Å². The van der Waals surface area contributed by atoms with Gasteiger partial charge in [0.1, 0.15) is 5.75 Å². The number of rotatable bonds is 6. The van der Waals surface area contributed by atoms with Crippen molar-refractivity contribution >= 4 is 0 Å². The zero-order valence-corrected chi connectivity index (χ0v) is 11.6. The number of hydrogen-bond donors (Lipinski definition) is 2. The minimum Gasteiger partial charge on any atom is -0.494 e. The van der Waals surface area contributed by atoms with E-state index in [4.69, 9.17) is 15.3 Å². The highest BCUT2D eigenvalue weighted by atomic mass is 16.5. The molecule has 2 unspecified atom stereocenters. The minimum absolute atomic E-state index is 0.114. The van der Waals surface area contributed by atoms with E-state index in [1.807, 2.05) is 19.1 Å². The first-order valence-electron chi connectivity index (χ1n) is 7.14. The third-order valence-electron chi connectivity index (χ3n) is 3.55. The molecule has 0 bridgehead atoms. The van der Waals surface area contributed by atoms with Crippen molar-refractivity contribution in [1.82, 2.24) is 5.43 Å². The molecule has 1 aromatic carbocycles. The molecule has 106 valence electrons. The topological polar surface area (TPSA) is 56.5 Å². The van der Waals surface area contributed by atoms with Crippen LogP contribution in [0.25, 0.3) is 0 Å². The van der Waals surface area contributed by atoms with Crippen LogP contribution >= 0.6 is 0 Å². The van der Waals surface area contributed by atoms with E-state index in [2.05, 4.69) is 17.6 Å². The molecule has 1 saturated heterocycles. The fraction of sp³-hybridized carbons (Fsp3) is 0.600. The van der Waals surface area contributed by atoms with Crippen molar-refractivity contribution in [3.8, 4) is 5.75 Å². The maximum absolute atomic E-state index is 5.78. The molecule has 1 aliphatic heterocycles. The normalized spacial score (nSPS) is 21.1. The van der Waals surface area contributed by atoms with Crippen LogP contribution in [0.2, 0.25) is 0 Å². The first kappa shape index (κ1) is 14.3. The summed E-state index contributed by atoms with van der Waals surface area (Å²) in [5, 5.41) is 0. The van der Waals surface area contributed by atoms with Crippen molar-refractivity contribution in [3.63, 3.8) is 0 Å². The second-order valence-corrected chi connectivity index (χ2v) is 4.95. The first-order valence-corrected chi connectivity index (χ1v) is 7.14. The summed E-state index contributed by atoms with van der Waals surface area (Å²) in [6.07, 6.45) is 4.78. The van der Waals surface area contributed by atoms with Gasteiger partial charge in [-0.1, -0.05) is 12.1 Å². The van der Waals surface area contributed by atoms with Crippen molar-refractivity contribution in [2.24, 2.45) is 5.84 Å². The summed E-state index contributed by atoms with van der Waals surface area (Å²) >= 11 is 0. The molecule has 0 aliphatic carbocycles. The van der Waals surface area contributed by atoms with Crippen LogP contribution in [-0.2, 0) is 4.74 Å². The molecule has 19 heavy (non-hydrogen) atoms. The van der Waals surface area contributed by atoms with Crippen molar-refractivity contribution in [2.75, 3.05) is 13.2 Å². The SMILES string of the molecule is CCOc1cccc(C(CC2CCCCO2)NN)c1. The van der Waals surface area contributed by atoms with Gasteiger partial charge in [0, 0.05) is 12.6 Å². The Morgan fingerprint density at radius 3 is 3.05 bits per heavy atom. The van der Waals surface area contributed by atoms with E-state index < -0.39 is 0 Å². The first-order chi connectivity index (χ1) is 9.33. The predicted molar refractivity (Wildman–Crippen MR) is 75.9 cm³/mol. The van der Waals surface area contributed by atoms with E-state index in [0.29, 0.717) is 12.7 Å². The number of hydrazine groups is 1. The molecule has 0 radical (unpaired) electrons. The zero-order valence-electron chi connectivity index (χ0n) is 11.6. The van der Waals surface area contributed by atoms with E-state index in [1.54, 1.807) is 0 Å². The van der Waals surface area contributed by atoms with Gasteiger partial charge >= 0.3 is 0 Å². The maximum atomic E-state index is 5.78. The number of ether oxygens (including phenoxy) is 2. The standard InChI is InChI=1S/C15H24N2O2/c1-2-18-13-8-5-6-12(10-13)15(17-16)11-14-7-3-4-9-19-14/h5-6,8,10,14-15,17H,2-4,7,9,11,16H2,1H3. The van der Waals surface area contributed by atoms with Crippen LogP contribution in [0.4, 0.5) is 0 Å². The van der Waals surface area contributed by atoms with Gasteiger partial charge in [-0.25, -0.2) is 0 Å². The van der Waals surface area contributed by atoms with Crippen molar-refractivity contribution in [2.45, 2.75) is 44.8 Å². The Morgan fingerprint density at radius 1 is 1.47 bits per heavy atom. The number of nitrogens with two attached hydrogens (primary N) is 1. The molecular weight excluding hydrogens is 240 g/mol. The summed E-state index contributed by atoms with van der Waals surface area (Å²) in [5.41, 5.74) is 4.05. The van der Waals surface area contributed by atoms with Gasteiger partial charge in [-0.2, -0.15) is 0 Å². The van der Waals surface area contributed by atoms with Crippen LogP contribution in [0, 0.1) is 0 Å². The van der Waals surface area contributed by atoms with Crippen LogP contribution in [0.1, 0.15) is 44.2 Å². The van der Waals surface area contributed by atoms with E-state index >= 15 is 0 Å². The minimum atomic E-state index is 0.114. The Morgan fingerprint density at radius 2 is 2.37 bits per heavy atom. The van der Waals surface area contributed by atoms with Gasteiger partial charge in [0.15, 0.2) is 0 Å². The van der Waals surface area contributed by atoms with Gasteiger partial charge in [0.05, 0.1) is 12.7 Å². The molecule has 1 aliphatic rings. The smallest absolute Gasteiger partial charge is 0.119 e. The molecule has 0 saturated carbocycles. The molecule has 4 nitrogen and oxygen atoms in total. The van der Waals surface area contributed by atoms with E-state index in [-0.39, 0.29) is 6.04 Å². The van der Waals surface area contributed by atoms with Crippen molar-refractivity contribution < 1.29 is 9.47 Å². The van der Waals surface area contributed by atoms with Crippen molar-refractivity contribution in [3.05, 3.63) is 29.8 Å². The highest BCUT2D eigenvalue weighted by Crippen LogP contribution is 2.26. The lowest BCUT2D eigenvalue weighted by Crippen LogP contribution is -2.32. The lowest BCUT2D eigenvalue weighted by Gasteiger charge is -2.27. The van der Waals surface area contributed by atoms with Crippen LogP contribution in [0.3, 0.4) is 0 Å². The van der Waals surface area contributed by atoms with Crippen molar-refractivity contribution in [1.29, 1.82) is 0 Å². The fourth-order valence-corrected chi connectivity index (χ4v) is 2.54. The zero-order chi connectivity index (χ0) is 13.5. The molecule has 1 aromatic rings. The van der Waals surface area contributed by atoms with Crippen LogP contribution in [0.15, 0.2) is 24.3 Å². The largest absolute Gasteiger partial charge is 0.494 e. The van der Waals surface area contributed by atoms with Gasteiger partial charge in [-0.3, -0.25) is 11.3 Å². The monoisotopic (exact) mass is 264 g/mol. The van der Waals surface area contributed by atoms with E-state index in [9.17, 15) is 0 Å². The lowest BCUT2D eigenvalue weighted by atomic mass is 9.97. The molecule has 0 spiro atoms. The highest BCUT2D eigenvalue weighted by Gasteiger charge is 2.20. The third kappa shape index (κ3) is 4.20. The van der Waals surface area contributed by atoms with Gasteiger partial charge in [-0.15, -0.1) is 0 Å². The van der Waals surface area contributed by atoms with Gasteiger partial charge in [0.2, 0.25) is 0 Å². The summed E-state index contributed by atoms with van der Waals surface area (Å²) in [5.74, 6) is 6.59. The molecule has 4 heteroatoms. The second kappa shape index (κ2) is 7.48. The average Bonchev–Trinajstić information content (AvgIpc) is 2.46.